The summed E-state index contributed by atoms with van der Waals surface area (Å²) in [5, 5.41) is 0. The Hall–Kier alpha value is -6.60. The number of carbonyl (C=O) groups is 12. The van der Waals surface area contributed by atoms with Crippen molar-refractivity contribution in [2.24, 2.45) is 0 Å². The van der Waals surface area contributed by atoms with Crippen molar-refractivity contribution in [3.63, 3.8) is 0 Å². The predicted molar refractivity (Wildman–Crippen MR) is 371 cm³/mol. The minimum absolute atomic E-state index is 0.0560. The highest BCUT2D eigenvalue weighted by Crippen LogP contribution is 2.16. The summed E-state index contributed by atoms with van der Waals surface area (Å²) in [5.41, 5.74) is 0. The first-order valence-electron chi connectivity index (χ1n) is 33.3. The Morgan fingerprint density at radius 1 is 0.235 bits per heavy atom. The van der Waals surface area contributed by atoms with E-state index in [2.05, 4.69) is 47.4 Å². The van der Waals surface area contributed by atoms with Crippen molar-refractivity contribution in [1.29, 1.82) is 0 Å². The summed E-state index contributed by atoms with van der Waals surface area (Å²) < 4.78 is 105. The van der Waals surface area contributed by atoms with Crippen LogP contribution in [0.5, 0.6) is 0 Å². The van der Waals surface area contributed by atoms with Gasteiger partial charge in [-0.2, -0.15) is 0 Å². The number of rotatable bonds is 35. The molecular weight excluding hydrogens is 1360 g/mol. The Morgan fingerprint density at radius 3 is 0.422 bits per heavy atom. The molecule has 0 radical (unpaired) electrons. The van der Waals surface area contributed by atoms with E-state index in [-0.39, 0.29) is 66.1 Å². The third-order valence-corrected chi connectivity index (χ3v) is 8.60. The van der Waals surface area contributed by atoms with Crippen molar-refractivity contribution in [1.82, 2.24) is 0 Å². The van der Waals surface area contributed by atoms with Crippen LogP contribution >= 0.6 is 0 Å². The second kappa shape index (κ2) is 86.8. The third-order valence-electron chi connectivity index (χ3n) is 8.60. The second-order valence-corrected chi connectivity index (χ2v) is 18.9. The Kier molecular flexibility index (Phi) is 102. The SMILES string of the molecule is CCOC(C)(CC=O)OC(C)=O.CCOC(C)OC(C)=O.CCOC(C)OC(C)=O.CCOC(C)OC(C)=O.CCOC(C)OC(C)=O.CCOC(C)OC(C)=O.CCOC(C)OC(C)=O.CCOC(C)OC(C)=O.CCOC(C)OC(C)=O.CCOC(C)OC(C)=O.CCOC(C)OC(C)=O. The number of ether oxygens (including phenoxy) is 22. The summed E-state index contributed by atoms with van der Waals surface area (Å²) in [6.45, 7) is 59.5. The van der Waals surface area contributed by atoms with E-state index >= 15 is 0 Å². The van der Waals surface area contributed by atoms with Crippen LogP contribution in [-0.2, 0) is 162 Å². The highest BCUT2D eigenvalue weighted by Gasteiger charge is 2.27. The Labute approximate surface area is 608 Å². The minimum Gasteiger partial charge on any atom is -0.436 e. The van der Waals surface area contributed by atoms with Gasteiger partial charge in [-0.15, -0.1) is 0 Å². The van der Waals surface area contributed by atoms with Crippen LogP contribution in [0.3, 0.4) is 0 Å². The van der Waals surface area contributed by atoms with Crippen molar-refractivity contribution in [3.05, 3.63) is 0 Å². The summed E-state index contributed by atoms with van der Waals surface area (Å²) in [6.07, 6.45) is -3.38. The molecule has 34 nitrogen and oxygen atoms in total. The van der Waals surface area contributed by atoms with Gasteiger partial charge in [-0.25, -0.2) is 0 Å². The molecule has 0 aromatic heterocycles. The lowest BCUT2D eigenvalue weighted by atomic mass is 10.2. The average Bonchev–Trinajstić information content (AvgIpc) is 0.902. The fourth-order valence-electron chi connectivity index (χ4n) is 5.92. The standard InChI is InChI=1S/C8H14O4.10C6H12O3/c1-4-11-8(3,5-6-9)12-7(2)10;10*1-4-8-6(3)9-5(2)7/h6H,4-5H2,1-3H3;10*6H,4H2,1-3H3. The van der Waals surface area contributed by atoms with Gasteiger partial charge in [-0.05, 0) is 145 Å². The molecule has 11 unspecified atom stereocenters. The van der Waals surface area contributed by atoms with Crippen molar-refractivity contribution in [3.8, 4) is 0 Å². The van der Waals surface area contributed by atoms with Crippen LogP contribution < -0.4 is 0 Å². The molecule has 0 aliphatic rings. The maximum Gasteiger partial charge on any atom is 0.305 e. The summed E-state index contributed by atoms with van der Waals surface area (Å²) in [6, 6.07) is 0. The normalized spacial score (nSPS) is 13.0. The van der Waals surface area contributed by atoms with Crippen molar-refractivity contribution < 1.29 is 162 Å². The van der Waals surface area contributed by atoms with Crippen LogP contribution in [0.4, 0.5) is 0 Å². The van der Waals surface area contributed by atoms with Gasteiger partial charge in [-0.1, -0.05) is 0 Å². The Morgan fingerprint density at radius 2 is 0.353 bits per heavy atom. The lowest BCUT2D eigenvalue weighted by Crippen LogP contribution is -2.34. The number of esters is 11. The Bertz CT molecular complexity index is 1630. The maximum absolute atomic E-state index is 10.6. The van der Waals surface area contributed by atoms with E-state index in [9.17, 15) is 57.5 Å². The summed E-state index contributed by atoms with van der Waals surface area (Å²) in [5.74, 6) is -4.64. The van der Waals surface area contributed by atoms with E-state index in [4.69, 9.17) is 56.8 Å². The van der Waals surface area contributed by atoms with Gasteiger partial charge < -0.3 is 109 Å². The molecule has 0 N–H and O–H groups in total. The Balaban J connectivity index is -0.0000000993. The molecule has 0 bridgehead atoms. The molecule has 0 spiro atoms. The lowest BCUT2D eigenvalue weighted by Gasteiger charge is -2.26. The molecule has 0 amide bonds. The van der Waals surface area contributed by atoms with Crippen LogP contribution in [0.1, 0.15) is 235 Å². The zero-order chi connectivity index (χ0) is 82.4. The topological polar surface area (TPSA) is 408 Å². The molecule has 0 rings (SSSR count). The first-order valence-corrected chi connectivity index (χ1v) is 33.3. The van der Waals surface area contributed by atoms with Gasteiger partial charge >= 0.3 is 65.7 Å². The molecule has 34 heteroatoms. The van der Waals surface area contributed by atoms with Gasteiger partial charge in [0.05, 0.1) is 6.42 Å². The quantitative estimate of drug-likeness (QED) is 0.0246. The van der Waals surface area contributed by atoms with E-state index < -0.39 is 74.7 Å². The molecule has 0 saturated heterocycles. The van der Waals surface area contributed by atoms with Crippen LogP contribution in [-0.4, -0.2) is 213 Å². The van der Waals surface area contributed by atoms with Crippen LogP contribution in [0.15, 0.2) is 0 Å². The van der Waals surface area contributed by atoms with Crippen LogP contribution in [0, 0.1) is 0 Å². The van der Waals surface area contributed by atoms with Gasteiger partial charge in [0.15, 0.2) is 62.9 Å². The molecule has 0 aliphatic carbocycles. The first-order chi connectivity index (χ1) is 47.2. The van der Waals surface area contributed by atoms with E-state index in [1.165, 1.54) is 76.2 Å². The highest BCUT2D eigenvalue weighted by atomic mass is 16.7. The van der Waals surface area contributed by atoms with Gasteiger partial charge in [0.2, 0.25) is 5.79 Å². The maximum atomic E-state index is 10.6. The monoisotopic (exact) mass is 1490 g/mol. The van der Waals surface area contributed by atoms with Gasteiger partial charge in [-0.3, -0.25) is 52.7 Å². The van der Waals surface area contributed by atoms with Crippen LogP contribution in [0.2, 0.25) is 0 Å². The number of hydrogen-bond acceptors (Lipinski definition) is 34. The molecule has 0 heterocycles. The summed E-state index contributed by atoms with van der Waals surface area (Å²) in [7, 11) is 0. The van der Waals surface area contributed by atoms with Gasteiger partial charge in [0.25, 0.3) is 0 Å². The van der Waals surface area contributed by atoms with Gasteiger partial charge in [0.1, 0.15) is 6.29 Å². The summed E-state index contributed by atoms with van der Waals surface area (Å²) >= 11 is 0. The molecule has 0 saturated carbocycles. The average molecular weight is 1500 g/mol. The molecule has 0 fully saturated rings. The fourth-order valence-corrected chi connectivity index (χ4v) is 5.92. The van der Waals surface area contributed by atoms with Crippen molar-refractivity contribution >= 4 is 71.9 Å². The second-order valence-electron chi connectivity index (χ2n) is 18.9. The zero-order valence-electron chi connectivity index (χ0n) is 67.7. The van der Waals surface area contributed by atoms with Gasteiger partial charge in [0, 0.05) is 156 Å². The summed E-state index contributed by atoms with van der Waals surface area (Å²) in [4.78, 5) is 123. The molecule has 102 heavy (non-hydrogen) atoms. The fraction of sp³-hybridized carbons (Fsp3) is 0.824. The van der Waals surface area contributed by atoms with E-state index in [1.54, 1.807) is 83.1 Å². The molecule has 610 valence electrons. The zero-order valence-corrected chi connectivity index (χ0v) is 67.7. The van der Waals surface area contributed by atoms with E-state index in [0.717, 1.165) is 0 Å². The van der Waals surface area contributed by atoms with Crippen molar-refractivity contribution in [2.45, 2.75) is 304 Å². The highest BCUT2D eigenvalue weighted by molar-refractivity contribution is 5.69. The molecule has 0 aromatic carbocycles. The molecule has 0 aliphatic heterocycles. The largest absolute Gasteiger partial charge is 0.436 e. The van der Waals surface area contributed by atoms with Crippen LogP contribution in [0.25, 0.3) is 0 Å². The number of carbonyl (C=O) groups excluding carboxylic acids is 12. The smallest absolute Gasteiger partial charge is 0.305 e. The minimum atomic E-state index is -1.09. The third kappa shape index (κ3) is 137. The predicted octanol–water partition coefficient (Wildman–Crippen LogP) is 10.2. The number of hydrogen-bond donors (Lipinski definition) is 0. The lowest BCUT2D eigenvalue weighted by molar-refractivity contribution is -0.220. The first kappa shape index (κ1) is 119. The molecule has 0 aromatic rings. The van der Waals surface area contributed by atoms with E-state index in [1.807, 2.05) is 69.2 Å². The van der Waals surface area contributed by atoms with Crippen molar-refractivity contribution in [2.75, 3.05) is 72.7 Å². The number of aldehydes is 1. The molecular formula is C68H134O34. The van der Waals surface area contributed by atoms with E-state index in [0.29, 0.717) is 79.0 Å². The molecule has 11 atom stereocenters.